The lowest BCUT2D eigenvalue weighted by molar-refractivity contribution is 0.581. The van der Waals surface area contributed by atoms with E-state index in [4.69, 9.17) is 5.73 Å². The molecular weight excluding hydrogens is 444 g/mol. The van der Waals surface area contributed by atoms with Crippen LogP contribution in [0.5, 0.6) is 0 Å². The fraction of sp³-hybridized carbons (Fsp3) is 0.476. The van der Waals surface area contributed by atoms with Crippen molar-refractivity contribution in [1.29, 1.82) is 0 Å². The van der Waals surface area contributed by atoms with E-state index in [-0.39, 0.29) is 29.5 Å². The first kappa shape index (κ1) is 22.8. The summed E-state index contributed by atoms with van der Waals surface area (Å²) in [5.74, 6) is 1.32. The van der Waals surface area contributed by atoms with Gasteiger partial charge >= 0.3 is 5.69 Å². The maximum absolute atomic E-state index is 12.9. The van der Waals surface area contributed by atoms with Gasteiger partial charge in [-0.2, -0.15) is 0 Å². The lowest BCUT2D eigenvalue weighted by Crippen LogP contribution is -2.40. The van der Waals surface area contributed by atoms with Crippen molar-refractivity contribution < 1.29 is 0 Å². The molecule has 4 aromatic rings. The van der Waals surface area contributed by atoms with Gasteiger partial charge in [-0.1, -0.05) is 27.2 Å². The highest BCUT2D eigenvalue weighted by Gasteiger charge is 2.23. The van der Waals surface area contributed by atoms with E-state index >= 15 is 0 Å². The average molecular weight is 473 g/mol. The highest BCUT2D eigenvalue weighted by molar-refractivity contribution is 7.17. The molecule has 0 aliphatic heterocycles. The van der Waals surface area contributed by atoms with Crippen LogP contribution in [0.15, 0.2) is 25.8 Å². The minimum atomic E-state index is -0.534. The molecule has 4 heterocycles. The molecular formula is C21H28N8O3S. The second kappa shape index (κ2) is 8.85. The van der Waals surface area contributed by atoms with Crippen molar-refractivity contribution in [3.05, 3.63) is 48.5 Å². The number of hydrogen-bond donors (Lipinski definition) is 2. The molecule has 33 heavy (non-hydrogen) atoms. The number of aromatic nitrogens is 6. The van der Waals surface area contributed by atoms with Gasteiger partial charge in [-0.15, -0.1) is 21.5 Å². The molecule has 0 bridgehead atoms. The maximum Gasteiger partial charge on any atom is 0.330 e. The van der Waals surface area contributed by atoms with Crippen LogP contribution in [-0.2, 0) is 20.1 Å². The average Bonchev–Trinajstić information content (AvgIpc) is 3.38. The number of aryl methyl sites for hydroxylation is 1. The normalized spacial score (nSPS) is 11.8. The Morgan fingerprint density at radius 2 is 2.00 bits per heavy atom. The minimum Gasteiger partial charge on any atom is -0.383 e. The molecule has 12 heteroatoms. The summed E-state index contributed by atoms with van der Waals surface area (Å²) in [6.07, 6.45) is 1.65. The Balaban J connectivity index is 1.88. The predicted molar refractivity (Wildman–Crippen MR) is 130 cm³/mol. The molecule has 0 saturated carbocycles. The number of nitrogen functional groups attached to an aromatic ring is 1. The Kier molecular flexibility index (Phi) is 6.11. The molecule has 0 saturated heterocycles. The third-order valence-electron chi connectivity index (χ3n) is 5.58. The van der Waals surface area contributed by atoms with E-state index in [1.165, 1.54) is 20.5 Å². The van der Waals surface area contributed by atoms with E-state index in [9.17, 15) is 14.4 Å². The number of H-pyrrole nitrogens is 1. The van der Waals surface area contributed by atoms with Gasteiger partial charge in [0.1, 0.15) is 16.2 Å². The highest BCUT2D eigenvalue weighted by Crippen LogP contribution is 2.23. The molecule has 176 valence electrons. The van der Waals surface area contributed by atoms with Gasteiger partial charge in [-0.25, -0.2) is 4.79 Å². The Labute approximate surface area is 193 Å². The summed E-state index contributed by atoms with van der Waals surface area (Å²) in [5, 5.41) is 10.4. The van der Waals surface area contributed by atoms with E-state index in [1.807, 2.05) is 41.5 Å². The fourth-order valence-electron chi connectivity index (χ4n) is 4.02. The number of thiophene rings is 1. The summed E-state index contributed by atoms with van der Waals surface area (Å²) in [5.41, 5.74) is 6.16. The van der Waals surface area contributed by atoms with Crippen LogP contribution in [0.1, 0.15) is 39.4 Å². The van der Waals surface area contributed by atoms with Gasteiger partial charge in [0.15, 0.2) is 5.82 Å². The lowest BCUT2D eigenvalue weighted by atomic mass is 10.2. The van der Waals surface area contributed by atoms with Crippen LogP contribution in [0.25, 0.3) is 16.0 Å². The van der Waals surface area contributed by atoms with Crippen molar-refractivity contribution in [3.63, 3.8) is 0 Å². The molecule has 3 N–H and O–H groups in total. The Morgan fingerprint density at radius 3 is 2.70 bits per heavy atom. The quantitative estimate of drug-likeness (QED) is 0.397. The van der Waals surface area contributed by atoms with Crippen molar-refractivity contribution >= 4 is 38.8 Å². The van der Waals surface area contributed by atoms with Gasteiger partial charge in [-0.05, 0) is 23.8 Å². The Bertz CT molecular complexity index is 1490. The standard InChI is InChI=1S/C21H28N8O3S/c1-5-6-8-28-17(22)15(18(30)23-21(28)32)27(10-12(2)3)11-14-24-25-20-26(4)19(31)16-13(29(14)20)7-9-33-16/h7,9,12H,5-6,8,10-11,22H2,1-4H3,(H,23,30,32). The Morgan fingerprint density at radius 1 is 1.24 bits per heavy atom. The number of nitrogens with one attached hydrogen (secondary N) is 1. The summed E-state index contributed by atoms with van der Waals surface area (Å²) in [6, 6.07) is 1.86. The first-order valence-electron chi connectivity index (χ1n) is 10.9. The second-order valence-electron chi connectivity index (χ2n) is 8.52. The molecule has 0 radical (unpaired) electrons. The molecule has 11 nitrogen and oxygen atoms in total. The van der Waals surface area contributed by atoms with Crippen LogP contribution in [0.4, 0.5) is 11.5 Å². The summed E-state index contributed by atoms with van der Waals surface area (Å²) in [6.45, 7) is 7.24. The first-order valence-corrected chi connectivity index (χ1v) is 11.8. The minimum absolute atomic E-state index is 0.130. The zero-order chi connectivity index (χ0) is 23.9. The molecule has 0 aromatic carbocycles. The zero-order valence-electron chi connectivity index (χ0n) is 19.2. The van der Waals surface area contributed by atoms with Crippen LogP contribution in [0.3, 0.4) is 0 Å². The zero-order valence-corrected chi connectivity index (χ0v) is 20.0. The molecule has 0 spiro atoms. The molecule has 0 aliphatic rings. The van der Waals surface area contributed by atoms with Crippen molar-refractivity contribution in [2.45, 2.75) is 46.7 Å². The number of hydrogen-bond acceptors (Lipinski definition) is 8. The molecule has 0 unspecified atom stereocenters. The number of nitrogens with zero attached hydrogens (tertiary/aromatic N) is 6. The van der Waals surface area contributed by atoms with Gasteiger partial charge in [0, 0.05) is 20.1 Å². The van der Waals surface area contributed by atoms with E-state index < -0.39 is 11.2 Å². The summed E-state index contributed by atoms with van der Waals surface area (Å²) in [7, 11) is 1.66. The third kappa shape index (κ3) is 3.94. The van der Waals surface area contributed by atoms with Crippen molar-refractivity contribution in [3.8, 4) is 0 Å². The van der Waals surface area contributed by atoms with Crippen LogP contribution >= 0.6 is 11.3 Å². The van der Waals surface area contributed by atoms with Crippen molar-refractivity contribution in [2.75, 3.05) is 17.2 Å². The molecule has 0 fully saturated rings. The van der Waals surface area contributed by atoms with Crippen molar-refractivity contribution in [1.82, 2.24) is 28.7 Å². The molecule has 4 aromatic heterocycles. The van der Waals surface area contributed by atoms with Gasteiger partial charge in [0.25, 0.3) is 11.1 Å². The Hall–Kier alpha value is -3.41. The predicted octanol–water partition coefficient (Wildman–Crippen LogP) is 1.54. The third-order valence-corrected chi connectivity index (χ3v) is 6.47. The topological polar surface area (TPSA) is 136 Å². The van der Waals surface area contributed by atoms with E-state index in [0.717, 1.165) is 18.4 Å². The van der Waals surface area contributed by atoms with Crippen LogP contribution in [0, 0.1) is 5.92 Å². The lowest BCUT2D eigenvalue weighted by Gasteiger charge is -2.27. The number of fused-ring (bicyclic) bond motifs is 3. The van der Waals surface area contributed by atoms with Crippen LogP contribution < -0.4 is 27.4 Å². The number of anilines is 2. The molecule has 0 amide bonds. The SMILES string of the molecule is CCCCn1c(N)c(N(Cc2nnc3n(C)c(=O)c4sccc4n23)CC(C)C)c(=O)[nH]c1=O. The number of unbranched alkanes of at least 4 members (excludes halogenated alkanes) is 1. The highest BCUT2D eigenvalue weighted by atomic mass is 32.1. The number of rotatable bonds is 8. The second-order valence-corrected chi connectivity index (χ2v) is 9.44. The van der Waals surface area contributed by atoms with Crippen molar-refractivity contribution in [2.24, 2.45) is 13.0 Å². The molecule has 0 aliphatic carbocycles. The fourth-order valence-corrected chi connectivity index (χ4v) is 4.87. The summed E-state index contributed by atoms with van der Waals surface area (Å²) in [4.78, 5) is 42.2. The van der Waals surface area contributed by atoms with Gasteiger partial charge in [0.05, 0.1) is 12.1 Å². The van der Waals surface area contributed by atoms with Crippen LogP contribution in [-0.4, -0.2) is 35.3 Å². The monoisotopic (exact) mass is 472 g/mol. The van der Waals surface area contributed by atoms with E-state index in [0.29, 0.717) is 29.4 Å². The smallest absolute Gasteiger partial charge is 0.330 e. The van der Waals surface area contributed by atoms with Gasteiger partial charge in [0.2, 0.25) is 5.78 Å². The van der Waals surface area contributed by atoms with Gasteiger partial charge in [-0.3, -0.25) is 28.1 Å². The number of nitrogens with two attached hydrogens (primary N) is 1. The molecule has 4 rings (SSSR count). The first-order chi connectivity index (χ1) is 15.7. The van der Waals surface area contributed by atoms with Crippen LogP contribution in [0.2, 0.25) is 0 Å². The largest absolute Gasteiger partial charge is 0.383 e. The molecule has 0 atom stereocenters. The summed E-state index contributed by atoms with van der Waals surface area (Å²) < 4.78 is 5.31. The maximum atomic E-state index is 12.9. The van der Waals surface area contributed by atoms with Gasteiger partial charge < -0.3 is 10.6 Å². The van der Waals surface area contributed by atoms with E-state index in [2.05, 4.69) is 15.2 Å². The van der Waals surface area contributed by atoms with E-state index in [1.54, 1.807) is 7.05 Å². The number of aromatic amines is 1. The summed E-state index contributed by atoms with van der Waals surface area (Å²) >= 11 is 1.36.